The first-order valence-corrected chi connectivity index (χ1v) is 6.08. The second kappa shape index (κ2) is 5.13. The predicted octanol–water partition coefficient (Wildman–Crippen LogP) is 2.09. The van der Waals surface area contributed by atoms with E-state index in [1.807, 2.05) is 0 Å². The Morgan fingerprint density at radius 3 is 2.36 bits per heavy atom. The van der Waals surface area contributed by atoms with Gasteiger partial charge in [0.05, 0.1) is 0 Å². The zero-order chi connectivity index (χ0) is 10.6. The molecule has 0 saturated heterocycles. The molecule has 0 aliphatic heterocycles. The van der Waals surface area contributed by atoms with E-state index in [1.54, 1.807) is 0 Å². The zero-order valence-corrected chi connectivity index (χ0v) is 10.1. The van der Waals surface area contributed by atoms with Crippen molar-refractivity contribution in [2.45, 2.75) is 40.0 Å². The van der Waals surface area contributed by atoms with Crippen LogP contribution in [0.4, 0.5) is 0 Å². The number of hydrogen-bond donors (Lipinski definition) is 1. The third-order valence-corrected chi connectivity index (χ3v) is 3.66. The quantitative estimate of drug-likeness (QED) is 0.679. The molecule has 1 rings (SSSR count). The summed E-state index contributed by atoms with van der Waals surface area (Å²) in [6, 6.07) is 0. The van der Waals surface area contributed by atoms with Crippen molar-refractivity contribution < 1.29 is 0 Å². The average Bonchev–Trinajstić information content (AvgIpc) is 2.97. The smallest absolute Gasteiger partial charge is 0.00501 e. The van der Waals surface area contributed by atoms with Crippen molar-refractivity contribution in [3.63, 3.8) is 0 Å². The highest BCUT2D eigenvalue weighted by Crippen LogP contribution is 2.45. The van der Waals surface area contributed by atoms with Crippen molar-refractivity contribution in [1.29, 1.82) is 0 Å². The standard InChI is InChI=1S/C12H26N2/c1-4-11(3)8-14(5-2)10-12(9-13)6-7-12/h11H,4-10,13H2,1-3H3. The van der Waals surface area contributed by atoms with Gasteiger partial charge in [0.2, 0.25) is 0 Å². The monoisotopic (exact) mass is 198 g/mol. The minimum atomic E-state index is 0.503. The first kappa shape index (κ1) is 12.0. The van der Waals surface area contributed by atoms with E-state index in [0.29, 0.717) is 5.41 Å². The summed E-state index contributed by atoms with van der Waals surface area (Å²) < 4.78 is 0. The van der Waals surface area contributed by atoms with Gasteiger partial charge in [0.25, 0.3) is 0 Å². The molecule has 0 radical (unpaired) electrons. The summed E-state index contributed by atoms with van der Waals surface area (Å²) in [5, 5.41) is 0. The highest BCUT2D eigenvalue weighted by atomic mass is 15.1. The molecule has 2 nitrogen and oxygen atoms in total. The fraction of sp³-hybridized carbons (Fsp3) is 1.00. The second-order valence-electron chi connectivity index (χ2n) is 5.05. The van der Waals surface area contributed by atoms with Crippen molar-refractivity contribution in [3.05, 3.63) is 0 Å². The average molecular weight is 198 g/mol. The second-order valence-corrected chi connectivity index (χ2v) is 5.05. The maximum absolute atomic E-state index is 5.81. The fourth-order valence-electron chi connectivity index (χ4n) is 1.95. The topological polar surface area (TPSA) is 29.3 Å². The van der Waals surface area contributed by atoms with Crippen LogP contribution in [0.5, 0.6) is 0 Å². The molecule has 2 N–H and O–H groups in total. The highest BCUT2D eigenvalue weighted by Gasteiger charge is 2.42. The molecular weight excluding hydrogens is 172 g/mol. The van der Waals surface area contributed by atoms with Gasteiger partial charge in [-0.15, -0.1) is 0 Å². The van der Waals surface area contributed by atoms with Gasteiger partial charge in [-0.1, -0.05) is 27.2 Å². The molecule has 0 aromatic rings. The molecular formula is C12H26N2. The van der Waals surface area contributed by atoms with Gasteiger partial charge >= 0.3 is 0 Å². The number of rotatable bonds is 7. The summed E-state index contributed by atoms with van der Waals surface area (Å²) in [7, 11) is 0. The number of nitrogens with two attached hydrogens (primary N) is 1. The van der Waals surface area contributed by atoms with E-state index in [-0.39, 0.29) is 0 Å². The van der Waals surface area contributed by atoms with Crippen LogP contribution in [-0.2, 0) is 0 Å². The molecule has 1 aliphatic rings. The van der Waals surface area contributed by atoms with Gasteiger partial charge in [-0.3, -0.25) is 0 Å². The summed E-state index contributed by atoms with van der Waals surface area (Å²) in [5.74, 6) is 0.823. The molecule has 0 aromatic carbocycles. The fourth-order valence-corrected chi connectivity index (χ4v) is 1.95. The van der Waals surface area contributed by atoms with Gasteiger partial charge in [-0.05, 0) is 37.3 Å². The lowest BCUT2D eigenvalue weighted by Gasteiger charge is -2.27. The molecule has 1 saturated carbocycles. The van der Waals surface area contributed by atoms with Crippen molar-refractivity contribution in [2.75, 3.05) is 26.2 Å². The zero-order valence-electron chi connectivity index (χ0n) is 10.1. The van der Waals surface area contributed by atoms with E-state index in [1.165, 1.54) is 38.9 Å². The van der Waals surface area contributed by atoms with Crippen LogP contribution in [-0.4, -0.2) is 31.1 Å². The van der Waals surface area contributed by atoms with E-state index in [4.69, 9.17) is 5.73 Å². The Kier molecular flexibility index (Phi) is 4.39. The summed E-state index contributed by atoms with van der Waals surface area (Å²) in [6.07, 6.45) is 3.98. The molecule has 1 fully saturated rings. The van der Waals surface area contributed by atoms with Gasteiger partial charge < -0.3 is 10.6 Å². The van der Waals surface area contributed by atoms with Crippen LogP contribution in [0.15, 0.2) is 0 Å². The molecule has 0 amide bonds. The molecule has 1 atom stereocenters. The Bertz CT molecular complexity index is 164. The minimum Gasteiger partial charge on any atom is -0.330 e. The number of nitrogens with zero attached hydrogens (tertiary/aromatic N) is 1. The first-order valence-electron chi connectivity index (χ1n) is 6.08. The third-order valence-electron chi connectivity index (χ3n) is 3.66. The summed E-state index contributed by atoms with van der Waals surface area (Å²) in [5.41, 5.74) is 6.31. The van der Waals surface area contributed by atoms with Crippen LogP contribution in [0, 0.1) is 11.3 Å². The molecule has 0 aromatic heterocycles. The third kappa shape index (κ3) is 3.25. The van der Waals surface area contributed by atoms with Gasteiger partial charge in [-0.25, -0.2) is 0 Å². The van der Waals surface area contributed by atoms with Gasteiger partial charge in [0.15, 0.2) is 0 Å². The SMILES string of the molecule is CCC(C)CN(CC)CC1(CN)CC1. The Morgan fingerprint density at radius 2 is 2.00 bits per heavy atom. The van der Waals surface area contributed by atoms with Crippen molar-refractivity contribution >= 4 is 0 Å². The van der Waals surface area contributed by atoms with Gasteiger partial charge in [0, 0.05) is 13.1 Å². The Balaban J connectivity index is 2.31. The predicted molar refractivity (Wildman–Crippen MR) is 62.3 cm³/mol. The molecule has 0 bridgehead atoms. The van der Waals surface area contributed by atoms with E-state index < -0.39 is 0 Å². The normalized spacial score (nSPS) is 21.2. The maximum atomic E-state index is 5.81. The van der Waals surface area contributed by atoms with Crippen molar-refractivity contribution in [3.8, 4) is 0 Å². The summed E-state index contributed by atoms with van der Waals surface area (Å²) in [4.78, 5) is 2.58. The molecule has 1 unspecified atom stereocenters. The molecule has 14 heavy (non-hydrogen) atoms. The molecule has 0 spiro atoms. The summed E-state index contributed by atoms with van der Waals surface area (Å²) in [6.45, 7) is 11.4. The Morgan fingerprint density at radius 1 is 1.36 bits per heavy atom. The summed E-state index contributed by atoms with van der Waals surface area (Å²) >= 11 is 0. The lowest BCUT2D eigenvalue weighted by atomic mass is 10.0. The van der Waals surface area contributed by atoms with Crippen LogP contribution in [0.2, 0.25) is 0 Å². The van der Waals surface area contributed by atoms with E-state index in [0.717, 1.165) is 12.5 Å². The lowest BCUT2D eigenvalue weighted by Crippen LogP contribution is -2.36. The van der Waals surface area contributed by atoms with Gasteiger partial charge in [-0.2, -0.15) is 0 Å². The van der Waals surface area contributed by atoms with E-state index in [2.05, 4.69) is 25.7 Å². The van der Waals surface area contributed by atoms with Crippen LogP contribution in [0.25, 0.3) is 0 Å². The van der Waals surface area contributed by atoms with Crippen LogP contribution in [0.3, 0.4) is 0 Å². The maximum Gasteiger partial charge on any atom is 0.00501 e. The molecule has 84 valence electrons. The molecule has 0 heterocycles. The van der Waals surface area contributed by atoms with E-state index in [9.17, 15) is 0 Å². The number of hydrogen-bond acceptors (Lipinski definition) is 2. The Labute approximate surface area is 88.8 Å². The van der Waals surface area contributed by atoms with Gasteiger partial charge in [0.1, 0.15) is 0 Å². The largest absolute Gasteiger partial charge is 0.330 e. The van der Waals surface area contributed by atoms with Crippen molar-refractivity contribution in [1.82, 2.24) is 4.90 Å². The minimum absolute atomic E-state index is 0.503. The lowest BCUT2D eigenvalue weighted by molar-refractivity contribution is 0.203. The van der Waals surface area contributed by atoms with Crippen molar-refractivity contribution in [2.24, 2.45) is 17.1 Å². The first-order chi connectivity index (χ1) is 6.65. The molecule has 2 heteroatoms. The van der Waals surface area contributed by atoms with E-state index >= 15 is 0 Å². The Hall–Kier alpha value is -0.0800. The van der Waals surface area contributed by atoms with Crippen LogP contribution in [0.1, 0.15) is 40.0 Å². The van der Waals surface area contributed by atoms with Crippen LogP contribution >= 0.6 is 0 Å². The molecule has 1 aliphatic carbocycles. The van der Waals surface area contributed by atoms with Crippen LogP contribution < -0.4 is 5.73 Å². The highest BCUT2D eigenvalue weighted by molar-refractivity contribution is 4.96.